The fourth-order valence-corrected chi connectivity index (χ4v) is 2.37. The number of aliphatic hydroxyl groups excluding tert-OH is 1. The van der Waals surface area contributed by atoms with Crippen molar-refractivity contribution in [1.82, 2.24) is 5.32 Å². The molecule has 5 nitrogen and oxygen atoms in total. The fourth-order valence-electron chi connectivity index (χ4n) is 2.02. The predicted octanol–water partition coefficient (Wildman–Crippen LogP) is 2.18. The van der Waals surface area contributed by atoms with Crippen molar-refractivity contribution in [1.29, 1.82) is 0 Å². The van der Waals surface area contributed by atoms with Gasteiger partial charge in [-0.25, -0.2) is 0 Å². The number of aliphatic imine (C=N–C) groups is 1. The van der Waals surface area contributed by atoms with Gasteiger partial charge in [-0.3, -0.25) is 4.99 Å². The van der Waals surface area contributed by atoms with Crippen LogP contribution in [0.25, 0.3) is 0 Å². The monoisotopic (exact) mass is 439 g/mol. The van der Waals surface area contributed by atoms with Crippen LogP contribution in [0.5, 0.6) is 5.75 Å². The van der Waals surface area contributed by atoms with Crippen LogP contribution in [0.1, 0.15) is 5.56 Å². The van der Waals surface area contributed by atoms with E-state index in [-0.39, 0.29) is 13.2 Å². The zero-order chi connectivity index (χ0) is 17.2. The van der Waals surface area contributed by atoms with Crippen molar-refractivity contribution < 1.29 is 9.84 Å². The third-order valence-corrected chi connectivity index (χ3v) is 4.01. The van der Waals surface area contributed by atoms with Crippen molar-refractivity contribution >= 4 is 28.6 Å². The third kappa shape index (κ3) is 7.18. The van der Waals surface area contributed by atoms with Gasteiger partial charge in [-0.15, -0.1) is 0 Å². The van der Waals surface area contributed by atoms with Crippen molar-refractivity contribution in [3.05, 3.63) is 63.7 Å². The van der Waals surface area contributed by atoms with E-state index in [1.54, 1.807) is 0 Å². The smallest absolute Gasteiger partial charge is 0.188 e. The van der Waals surface area contributed by atoms with E-state index in [4.69, 9.17) is 10.5 Å². The number of ether oxygens (including phenoxy) is 1. The Kier molecular flexibility index (Phi) is 7.84. The number of rotatable bonds is 8. The lowest BCUT2D eigenvalue weighted by molar-refractivity contribution is 0.114. The van der Waals surface area contributed by atoms with Crippen LogP contribution in [0, 0.1) is 3.57 Å². The standard InChI is InChI=1S/C18H22IN3O2/c19-15-6-8-17(9-7-15)24-13-16(23)12-22-18(20)21-11-10-14-4-2-1-3-5-14/h1-9,16,23H,10-13H2,(H3,20,21,22). The highest BCUT2D eigenvalue weighted by molar-refractivity contribution is 14.1. The van der Waals surface area contributed by atoms with E-state index < -0.39 is 6.10 Å². The van der Waals surface area contributed by atoms with E-state index in [1.807, 2.05) is 42.5 Å². The summed E-state index contributed by atoms with van der Waals surface area (Å²) in [6.07, 6.45) is 0.175. The van der Waals surface area contributed by atoms with Gasteiger partial charge in [-0.05, 0) is 58.8 Å². The topological polar surface area (TPSA) is 79.9 Å². The SMILES string of the molecule is NC(=NCC(O)COc1ccc(I)cc1)NCCc1ccccc1. The molecule has 2 aromatic carbocycles. The largest absolute Gasteiger partial charge is 0.491 e. The number of halogens is 1. The van der Waals surface area contributed by atoms with Crippen molar-refractivity contribution in [3.8, 4) is 5.75 Å². The molecule has 2 rings (SSSR count). The highest BCUT2D eigenvalue weighted by atomic mass is 127. The summed E-state index contributed by atoms with van der Waals surface area (Å²) in [5.41, 5.74) is 7.04. The fraction of sp³-hybridized carbons (Fsp3) is 0.278. The summed E-state index contributed by atoms with van der Waals surface area (Å²) in [4.78, 5) is 4.13. The van der Waals surface area contributed by atoms with Crippen LogP contribution < -0.4 is 15.8 Å². The number of aliphatic hydroxyl groups is 1. The molecule has 0 radical (unpaired) electrons. The molecule has 0 fully saturated rings. The van der Waals surface area contributed by atoms with Gasteiger partial charge in [0, 0.05) is 10.1 Å². The Morgan fingerprint density at radius 1 is 1.17 bits per heavy atom. The molecule has 1 atom stereocenters. The molecule has 0 aliphatic carbocycles. The summed E-state index contributed by atoms with van der Waals surface area (Å²) < 4.78 is 6.65. The van der Waals surface area contributed by atoms with E-state index in [9.17, 15) is 5.11 Å². The van der Waals surface area contributed by atoms with Gasteiger partial charge in [0.15, 0.2) is 5.96 Å². The molecule has 24 heavy (non-hydrogen) atoms. The minimum absolute atomic E-state index is 0.182. The molecule has 0 heterocycles. The maximum atomic E-state index is 9.90. The third-order valence-electron chi connectivity index (χ3n) is 3.29. The van der Waals surface area contributed by atoms with Crippen LogP contribution in [0.15, 0.2) is 59.6 Å². The Hall–Kier alpha value is -1.80. The number of hydrogen-bond acceptors (Lipinski definition) is 3. The Morgan fingerprint density at radius 2 is 1.88 bits per heavy atom. The number of nitrogens with one attached hydrogen (secondary N) is 1. The van der Waals surface area contributed by atoms with E-state index in [1.165, 1.54) is 5.56 Å². The highest BCUT2D eigenvalue weighted by Crippen LogP contribution is 2.13. The van der Waals surface area contributed by atoms with E-state index in [0.29, 0.717) is 12.5 Å². The molecule has 0 saturated carbocycles. The number of nitrogens with zero attached hydrogens (tertiary/aromatic N) is 1. The quantitative estimate of drug-likeness (QED) is 0.335. The van der Waals surface area contributed by atoms with Crippen LogP contribution in [-0.4, -0.2) is 36.9 Å². The number of benzene rings is 2. The van der Waals surface area contributed by atoms with E-state index in [2.05, 4.69) is 45.0 Å². The summed E-state index contributed by atoms with van der Waals surface area (Å²) in [6, 6.07) is 17.8. The molecule has 2 aromatic rings. The average Bonchev–Trinajstić information content (AvgIpc) is 2.60. The van der Waals surface area contributed by atoms with Gasteiger partial charge in [0.25, 0.3) is 0 Å². The van der Waals surface area contributed by atoms with Crippen molar-refractivity contribution in [2.24, 2.45) is 10.7 Å². The Labute approximate surface area is 156 Å². The van der Waals surface area contributed by atoms with Crippen LogP contribution in [-0.2, 0) is 6.42 Å². The predicted molar refractivity (Wildman–Crippen MR) is 105 cm³/mol. The van der Waals surface area contributed by atoms with Crippen molar-refractivity contribution in [2.45, 2.75) is 12.5 Å². The summed E-state index contributed by atoms with van der Waals surface area (Å²) in [5, 5.41) is 12.9. The van der Waals surface area contributed by atoms with Crippen LogP contribution >= 0.6 is 22.6 Å². The first-order valence-electron chi connectivity index (χ1n) is 7.77. The second-order valence-corrected chi connectivity index (χ2v) is 6.55. The number of hydrogen-bond donors (Lipinski definition) is 3. The molecule has 4 N–H and O–H groups in total. The first-order chi connectivity index (χ1) is 11.6. The molecule has 128 valence electrons. The molecular weight excluding hydrogens is 417 g/mol. The molecule has 0 aliphatic rings. The number of guanidine groups is 1. The molecule has 0 spiro atoms. The van der Waals surface area contributed by atoms with Crippen LogP contribution in [0.3, 0.4) is 0 Å². The van der Waals surface area contributed by atoms with Crippen molar-refractivity contribution in [3.63, 3.8) is 0 Å². The van der Waals surface area contributed by atoms with Crippen LogP contribution in [0.2, 0.25) is 0 Å². The summed E-state index contributed by atoms with van der Waals surface area (Å²) in [6.45, 7) is 1.09. The molecule has 0 bridgehead atoms. The maximum absolute atomic E-state index is 9.90. The number of nitrogens with two attached hydrogens (primary N) is 1. The molecule has 0 saturated heterocycles. The summed E-state index contributed by atoms with van der Waals surface area (Å²) >= 11 is 2.23. The van der Waals surface area contributed by atoms with Gasteiger partial charge in [0.2, 0.25) is 0 Å². The van der Waals surface area contributed by atoms with Crippen molar-refractivity contribution in [2.75, 3.05) is 19.7 Å². The van der Waals surface area contributed by atoms with Gasteiger partial charge >= 0.3 is 0 Å². The molecule has 0 aromatic heterocycles. The lowest BCUT2D eigenvalue weighted by atomic mass is 10.1. The second-order valence-electron chi connectivity index (χ2n) is 5.31. The highest BCUT2D eigenvalue weighted by Gasteiger charge is 2.05. The van der Waals surface area contributed by atoms with Gasteiger partial charge in [0.05, 0.1) is 6.54 Å². The average molecular weight is 439 g/mol. The van der Waals surface area contributed by atoms with Gasteiger partial charge in [-0.1, -0.05) is 30.3 Å². The second kappa shape index (κ2) is 10.1. The van der Waals surface area contributed by atoms with Crippen LogP contribution in [0.4, 0.5) is 0 Å². The normalized spacial score (nSPS) is 12.7. The van der Waals surface area contributed by atoms with Gasteiger partial charge in [0.1, 0.15) is 18.5 Å². The van der Waals surface area contributed by atoms with E-state index >= 15 is 0 Å². The zero-order valence-electron chi connectivity index (χ0n) is 13.4. The van der Waals surface area contributed by atoms with E-state index in [0.717, 1.165) is 15.7 Å². The summed E-state index contributed by atoms with van der Waals surface area (Å²) in [5.74, 6) is 1.06. The molecule has 0 aliphatic heterocycles. The Balaban J connectivity index is 1.64. The molecular formula is C18H22IN3O2. The minimum Gasteiger partial charge on any atom is -0.491 e. The van der Waals surface area contributed by atoms with Gasteiger partial charge in [-0.2, -0.15) is 0 Å². The first-order valence-corrected chi connectivity index (χ1v) is 8.85. The minimum atomic E-state index is -0.696. The Morgan fingerprint density at radius 3 is 2.58 bits per heavy atom. The lowest BCUT2D eigenvalue weighted by Gasteiger charge is -2.11. The first kappa shape index (κ1) is 18.5. The Bertz CT molecular complexity index is 632. The summed E-state index contributed by atoms with van der Waals surface area (Å²) in [7, 11) is 0. The molecule has 6 heteroatoms. The molecule has 0 amide bonds. The molecule has 1 unspecified atom stereocenters. The lowest BCUT2D eigenvalue weighted by Crippen LogP contribution is -2.34. The van der Waals surface area contributed by atoms with Gasteiger partial charge < -0.3 is 20.9 Å². The maximum Gasteiger partial charge on any atom is 0.188 e. The zero-order valence-corrected chi connectivity index (χ0v) is 15.5.